The van der Waals surface area contributed by atoms with Gasteiger partial charge in [0.05, 0.1) is 5.56 Å². The standard InChI is InChI=1S/C12H16N4O2/c13-10-3-4-14-7-9(10)12(18)16-6-5-15-11(17)8-1-2-8/h3-4,7-8H,1-2,5-6H2,(H2,13,14)(H,15,17)(H,16,18). The van der Waals surface area contributed by atoms with Gasteiger partial charge in [0.15, 0.2) is 0 Å². The summed E-state index contributed by atoms with van der Waals surface area (Å²) in [6, 6.07) is 1.57. The summed E-state index contributed by atoms with van der Waals surface area (Å²) in [5.41, 5.74) is 6.40. The van der Waals surface area contributed by atoms with Crippen LogP contribution in [0.5, 0.6) is 0 Å². The fourth-order valence-electron chi connectivity index (χ4n) is 1.54. The van der Waals surface area contributed by atoms with Crippen molar-refractivity contribution < 1.29 is 9.59 Å². The second-order valence-corrected chi connectivity index (χ2v) is 4.28. The Bertz CT molecular complexity index is 457. The van der Waals surface area contributed by atoms with Crippen molar-refractivity contribution in [1.29, 1.82) is 0 Å². The van der Waals surface area contributed by atoms with Crippen molar-refractivity contribution in [3.8, 4) is 0 Å². The van der Waals surface area contributed by atoms with Crippen LogP contribution in [0.3, 0.4) is 0 Å². The highest BCUT2D eigenvalue weighted by Crippen LogP contribution is 2.28. The molecule has 96 valence electrons. The number of nitrogens with zero attached hydrogens (tertiary/aromatic N) is 1. The smallest absolute Gasteiger partial charge is 0.255 e. The van der Waals surface area contributed by atoms with Gasteiger partial charge >= 0.3 is 0 Å². The van der Waals surface area contributed by atoms with Crippen molar-refractivity contribution >= 4 is 17.5 Å². The quantitative estimate of drug-likeness (QED) is 0.635. The second kappa shape index (κ2) is 5.48. The average molecular weight is 248 g/mol. The molecule has 18 heavy (non-hydrogen) atoms. The summed E-state index contributed by atoms with van der Waals surface area (Å²) >= 11 is 0. The first-order valence-electron chi connectivity index (χ1n) is 5.94. The van der Waals surface area contributed by atoms with Crippen LogP contribution in [-0.2, 0) is 4.79 Å². The summed E-state index contributed by atoms with van der Waals surface area (Å²) < 4.78 is 0. The third kappa shape index (κ3) is 3.19. The van der Waals surface area contributed by atoms with E-state index in [9.17, 15) is 9.59 Å². The lowest BCUT2D eigenvalue weighted by atomic mass is 10.2. The Morgan fingerprint density at radius 3 is 2.72 bits per heavy atom. The van der Waals surface area contributed by atoms with E-state index in [1.807, 2.05) is 0 Å². The van der Waals surface area contributed by atoms with Crippen molar-refractivity contribution in [3.63, 3.8) is 0 Å². The third-order valence-electron chi connectivity index (χ3n) is 2.76. The molecular formula is C12H16N4O2. The van der Waals surface area contributed by atoms with Gasteiger partial charge in [0.2, 0.25) is 5.91 Å². The molecule has 0 aromatic carbocycles. The number of rotatable bonds is 5. The zero-order valence-corrected chi connectivity index (χ0v) is 9.98. The van der Waals surface area contributed by atoms with E-state index in [0.29, 0.717) is 24.3 Å². The number of hydrogen-bond acceptors (Lipinski definition) is 4. The Morgan fingerprint density at radius 2 is 2.06 bits per heavy atom. The van der Waals surface area contributed by atoms with Crippen LogP contribution in [0.25, 0.3) is 0 Å². The predicted molar refractivity (Wildman–Crippen MR) is 66.7 cm³/mol. The van der Waals surface area contributed by atoms with Gasteiger partial charge < -0.3 is 16.4 Å². The van der Waals surface area contributed by atoms with Gasteiger partial charge in [0.1, 0.15) is 0 Å². The third-order valence-corrected chi connectivity index (χ3v) is 2.76. The van der Waals surface area contributed by atoms with Gasteiger partial charge in [-0.25, -0.2) is 0 Å². The van der Waals surface area contributed by atoms with Crippen molar-refractivity contribution in [1.82, 2.24) is 15.6 Å². The molecule has 2 amide bonds. The maximum Gasteiger partial charge on any atom is 0.255 e. The molecule has 1 aliphatic carbocycles. The van der Waals surface area contributed by atoms with Gasteiger partial charge in [0.25, 0.3) is 5.91 Å². The fourth-order valence-corrected chi connectivity index (χ4v) is 1.54. The Labute approximate surface area is 105 Å². The summed E-state index contributed by atoms with van der Waals surface area (Å²) in [6.07, 6.45) is 4.91. The van der Waals surface area contributed by atoms with Crippen molar-refractivity contribution in [3.05, 3.63) is 24.0 Å². The summed E-state index contributed by atoms with van der Waals surface area (Å²) in [5, 5.41) is 5.45. The van der Waals surface area contributed by atoms with Crippen molar-refractivity contribution in [2.24, 2.45) is 5.92 Å². The molecule has 0 spiro atoms. The van der Waals surface area contributed by atoms with E-state index in [1.54, 1.807) is 6.07 Å². The lowest BCUT2D eigenvalue weighted by Crippen LogP contribution is -2.35. The highest BCUT2D eigenvalue weighted by Gasteiger charge is 2.28. The molecule has 1 aromatic rings. The number of anilines is 1. The Morgan fingerprint density at radius 1 is 1.33 bits per heavy atom. The summed E-state index contributed by atoms with van der Waals surface area (Å²) in [6.45, 7) is 0.812. The number of nitrogens with one attached hydrogen (secondary N) is 2. The number of pyridine rings is 1. The second-order valence-electron chi connectivity index (χ2n) is 4.28. The normalized spacial score (nSPS) is 14.0. The Kier molecular flexibility index (Phi) is 3.76. The minimum atomic E-state index is -0.277. The highest BCUT2D eigenvalue weighted by atomic mass is 16.2. The Hall–Kier alpha value is -2.11. The van der Waals surface area contributed by atoms with E-state index >= 15 is 0 Å². The van der Waals surface area contributed by atoms with Gasteiger partial charge in [0, 0.05) is 37.1 Å². The van der Waals surface area contributed by atoms with E-state index in [1.165, 1.54) is 12.4 Å². The molecule has 0 atom stereocenters. The van der Waals surface area contributed by atoms with Gasteiger partial charge in [-0.2, -0.15) is 0 Å². The molecule has 6 heteroatoms. The SMILES string of the molecule is Nc1ccncc1C(=O)NCCNC(=O)C1CC1. The topological polar surface area (TPSA) is 97.1 Å². The summed E-state index contributed by atoms with van der Waals surface area (Å²) in [5.74, 6) is -0.0129. The van der Waals surface area contributed by atoms with Crippen LogP contribution >= 0.6 is 0 Å². The van der Waals surface area contributed by atoms with Crippen LogP contribution in [0.15, 0.2) is 18.5 Å². The van der Waals surface area contributed by atoms with E-state index in [-0.39, 0.29) is 17.7 Å². The van der Waals surface area contributed by atoms with Gasteiger partial charge in [-0.1, -0.05) is 0 Å². The molecule has 1 saturated carbocycles. The molecule has 0 unspecified atom stereocenters. The summed E-state index contributed by atoms with van der Waals surface area (Å²) in [4.78, 5) is 26.9. The number of carbonyl (C=O) groups is 2. The number of nitrogen functional groups attached to an aromatic ring is 1. The van der Waals surface area contributed by atoms with E-state index < -0.39 is 0 Å². The molecule has 2 rings (SSSR count). The predicted octanol–water partition coefficient (Wildman–Crippen LogP) is -0.0802. The lowest BCUT2D eigenvalue weighted by molar-refractivity contribution is -0.122. The number of amides is 2. The molecule has 1 aromatic heterocycles. The van der Waals surface area contributed by atoms with Gasteiger partial charge in [-0.3, -0.25) is 14.6 Å². The molecule has 0 radical (unpaired) electrons. The zero-order valence-electron chi connectivity index (χ0n) is 9.98. The van der Waals surface area contributed by atoms with Crippen LogP contribution in [-0.4, -0.2) is 29.9 Å². The fraction of sp³-hybridized carbons (Fsp3) is 0.417. The maximum atomic E-state index is 11.7. The largest absolute Gasteiger partial charge is 0.398 e. The monoisotopic (exact) mass is 248 g/mol. The van der Waals surface area contributed by atoms with E-state index in [2.05, 4.69) is 15.6 Å². The number of aromatic nitrogens is 1. The molecular weight excluding hydrogens is 232 g/mol. The summed E-state index contributed by atoms with van der Waals surface area (Å²) in [7, 11) is 0. The molecule has 6 nitrogen and oxygen atoms in total. The molecule has 0 aliphatic heterocycles. The van der Waals surface area contributed by atoms with E-state index in [4.69, 9.17) is 5.73 Å². The van der Waals surface area contributed by atoms with Crippen molar-refractivity contribution in [2.45, 2.75) is 12.8 Å². The van der Waals surface area contributed by atoms with Crippen LogP contribution in [0.1, 0.15) is 23.2 Å². The van der Waals surface area contributed by atoms with Crippen LogP contribution < -0.4 is 16.4 Å². The highest BCUT2D eigenvalue weighted by molar-refractivity contribution is 5.98. The first-order valence-corrected chi connectivity index (χ1v) is 5.94. The van der Waals surface area contributed by atoms with Crippen LogP contribution in [0.2, 0.25) is 0 Å². The number of nitrogens with two attached hydrogens (primary N) is 1. The average Bonchev–Trinajstić information content (AvgIpc) is 3.19. The molecule has 4 N–H and O–H groups in total. The maximum absolute atomic E-state index is 11.7. The first kappa shape index (κ1) is 12.3. The molecule has 1 aliphatic rings. The molecule has 0 bridgehead atoms. The lowest BCUT2D eigenvalue weighted by Gasteiger charge is -2.07. The minimum Gasteiger partial charge on any atom is -0.398 e. The van der Waals surface area contributed by atoms with Gasteiger partial charge in [-0.15, -0.1) is 0 Å². The Balaban J connectivity index is 1.71. The van der Waals surface area contributed by atoms with Crippen molar-refractivity contribution in [2.75, 3.05) is 18.8 Å². The van der Waals surface area contributed by atoms with Gasteiger partial charge in [-0.05, 0) is 18.9 Å². The van der Waals surface area contributed by atoms with Crippen LogP contribution in [0, 0.1) is 5.92 Å². The molecule has 1 fully saturated rings. The minimum absolute atomic E-state index is 0.0742. The van der Waals surface area contributed by atoms with E-state index in [0.717, 1.165) is 12.8 Å². The van der Waals surface area contributed by atoms with Crippen LogP contribution in [0.4, 0.5) is 5.69 Å². The number of carbonyl (C=O) groups excluding carboxylic acids is 2. The first-order chi connectivity index (χ1) is 8.68. The zero-order chi connectivity index (χ0) is 13.0. The molecule has 1 heterocycles. The molecule has 0 saturated heterocycles. The number of hydrogen-bond donors (Lipinski definition) is 3.